The van der Waals surface area contributed by atoms with Gasteiger partial charge in [0.05, 0.1) is 21.4 Å². The van der Waals surface area contributed by atoms with Gasteiger partial charge in [0.25, 0.3) is 0 Å². The number of carbonyl (C=O) groups is 1. The van der Waals surface area contributed by atoms with Gasteiger partial charge < -0.3 is 9.67 Å². The molecule has 28 heavy (non-hydrogen) atoms. The van der Waals surface area contributed by atoms with E-state index in [1.165, 1.54) is 24.5 Å². The molecule has 1 N–H and O–H groups in total. The van der Waals surface area contributed by atoms with Crippen LogP contribution in [0.5, 0.6) is 0 Å². The molecule has 0 aliphatic heterocycles. The fraction of sp³-hybridized carbons (Fsp3) is 0.158. The number of pyridine rings is 1. The summed E-state index contributed by atoms with van der Waals surface area (Å²) in [5, 5.41) is 10.5. The summed E-state index contributed by atoms with van der Waals surface area (Å²) in [6.07, 6.45) is 3.18. The third-order valence-corrected chi connectivity index (χ3v) is 5.25. The molecule has 0 unspecified atom stereocenters. The monoisotopic (exact) mass is 437 g/mol. The summed E-state index contributed by atoms with van der Waals surface area (Å²) in [5.74, 6) is -1.32. The zero-order chi connectivity index (χ0) is 20.4. The van der Waals surface area contributed by atoms with Crippen LogP contribution in [0.3, 0.4) is 0 Å². The Labute approximate surface area is 175 Å². The van der Waals surface area contributed by atoms with Gasteiger partial charge in [-0.05, 0) is 19.1 Å². The topological polar surface area (TPSA) is 85.1 Å². The van der Waals surface area contributed by atoms with Gasteiger partial charge in [-0.1, -0.05) is 40.9 Å². The predicted octanol–water partition coefficient (Wildman–Crippen LogP) is 4.57. The second-order valence-corrected chi connectivity index (χ2v) is 7.04. The van der Waals surface area contributed by atoms with E-state index in [0.29, 0.717) is 28.5 Å². The summed E-state index contributed by atoms with van der Waals surface area (Å²) in [7, 11) is 0. The lowest BCUT2D eigenvalue weighted by molar-refractivity contribution is 0.0695. The third kappa shape index (κ3) is 3.90. The molecule has 2 aromatic heterocycles. The molecule has 0 aliphatic carbocycles. The van der Waals surface area contributed by atoms with E-state index >= 15 is 0 Å². The predicted molar refractivity (Wildman–Crippen MR) is 109 cm³/mol. The fourth-order valence-electron chi connectivity index (χ4n) is 2.99. The van der Waals surface area contributed by atoms with Gasteiger partial charge in [-0.3, -0.25) is 9.78 Å². The minimum absolute atomic E-state index is 0.212. The van der Waals surface area contributed by atoms with Crippen LogP contribution in [0, 0.1) is 0 Å². The van der Waals surface area contributed by atoms with Gasteiger partial charge >= 0.3 is 5.97 Å². The Morgan fingerprint density at radius 2 is 1.82 bits per heavy atom. The zero-order valence-corrected chi connectivity index (χ0v) is 16.9. The first-order valence-corrected chi connectivity index (χ1v) is 9.37. The lowest BCUT2D eigenvalue weighted by atomic mass is 10.0. The highest BCUT2D eigenvalue weighted by Gasteiger charge is 2.23. The lowest BCUT2D eigenvalue weighted by Crippen LogP contribution is -2.23. The molecule has 3 rings (SSSR count). The van der Waals surface area contributed by atoms with Gasteiger partial charge in [0.2, 0.25) is 0 Å². The number of benzene rings is 1. The normalized spacial score (nSPS) is 10.9. The first-order valence-electron chi connectivity index (χ1n) is 8.24. The average Bonchev–Trinajstić information content (AvgIpc) is 2.65. The highest BCUT2D eigenvalue weighted by atomic mass is 35.5. The van der Waals surface area contributed by atoms with E-state index in [4.69, 9.17) is 34.8 Å². The SMILES string of the molecule is CCn1c(Cc2nccnc2Cl)cc(=O)c(C(=O)O)c1-c1ccc(Cl)c(Cl)c1. The zero-order valence-electron chi connectivity index (χ0n) is 14.6. The highest BCUT2D eigenvalue weighted by molar-refractivity contribution is 6.42. The molecule has 2 heterocycles. The number of nitrogens with zero attached hydrogens (tertiary/aromatic N) is 3. The van der Waals surface area contributed by atoms with Crippen LogP contribution in [0.15, 0.2) is 41.5 Å². The van der Waals surface area contributed by atoms with Crippen molar-refractivity contribution < 1.29 is 9.90 Å². The van der Waals surface area contributed by atoms with E-state index < -0.39 is 11.4 Å². The molecule has 0 amide bonds. The van der Waals surface area contributed by atoms with Crippen molar-refractivity contribution in [2.45, 2.75) is 19.9 Å². The largest absolute Gasteiger partial charge is 0.477 e. The van der Waals surface area contributed by atoms with Crippen molar-refractivity contribution in [3.63, 3.8) is 0 Å². The first-order chi connectivity index (χ1) is 13.3. The number of carboxylic acid groups (broad SMARTS) is 1. The molecule has 0 fully saturated rings. The van der Waals surface area contributed by atoms with Crippen LogP contribution in [0.25, 0.3) is 11.3 Å². The molecule has 0 spiro atoms. The Balaban J connectivity index is 2.30. The number of hydrogen-bond acceptors (Lipinski definition) is 4. The van der Waals surface area contributed by atoms with Crippen molar-refractivity contribution in [2.75, 3.05) is 0 Å². The van der Waals surface area contributed by atoms with Crippen LogP contribution in [-0.2, 0) is 13.0 Å². The minimum Gasteiger partial charge on any atom is -0.477 e. The Kier molecular flexibility index (Phi) is 6.03. The van der Waals surface area contributed by atoms with E-state index in [1.807, 2.05) is 6.92 Å². The summed E-state index contributed by atoms with van der Waals surface area (Å²) in [4.78, 5) is 32.7. The summed E-state index contributed by atoms with van der Waals surface area (Å²) in [5.41, 5.74) is 0.798. The minimum atomic E-state index is -1.32. The van der Waals surface area contributed by atoms with Crippen molar-refractivity contribution in [2.24, 2.45) is 0 Å². The van der Waals surface area contributed by atoms with Gasteiger partial charge in [-0.15, -0.1) is 0 Å². The third-order valence-electron chi connectivity index (χ3n) is 4.19. The van der Waals surface area contributed by atoms with Crippen LogP contribution >= 0.6 is 34.8 Å². The van der Waals surface area contributed by atoms with Crippen LogP contribution < -0.4 is 5.43 Å². The molecule has 9 heteroatoms. The standard InChI is InChI=1S/C19H14Cl3N3O3/c1-2-25-11(8-14-18(22)24-6-5-23-14)9-15(26)16(19(27)28)17(25)10-3-4-12(20)13(21)7-10/h3-7,9H,2,8H2,1H3,(H,27,28). The number of aromatic carboxylic acids is 1. The summed E-state index contributed by atoms with van der Waals surface area (Å²) in [6, 6.07) is 6.01. The molecule has 0 radical (unpaired) electrons. The molecule has 0 atom stereocenters. The van der Waals surface area contributed by atoms with E-state index in [2.05, 4.69) is 9.97 Å². The van der Waals surface area contributed by atoms with Gasteiger partial charge in [-0.25, -0.2) is 9.78 Å². The Morgan fingerprint density at radius 3 is 2.43 bits per heavy atom. The number of rotatable bonds is 5. The number of aromatic nitrogens is 3. The van der Waals surface area contributed by atoms with Gasteiger partial charge in [0, 0.05) is 42.7 Å². The highest BCUT2D eigenvalue weighted by Crippen LogP contribution is 2.31. The number of hydrogen-bond donors (Lipinski definition) is 1. The molecule has 1 aromatic carbocycles. The maximum Gasteiger partial charge on any atom is 0.341 e. The van der Waals surface area contributed by atoms with Gasteiger partial charge in [0.15, 0.2) is 10.6 Å². The average molecular weight is 439 g/mol. The van der Waals surface area contributed by atoms with Crippen molar-refractivity contribution in [1.82, 2.24) is 14.5 Å². The van der Waals surface area contributed by atoms with Crippen molar-refractivity contribution in [1.29, 1.82) is 0 Å². The lowest BCUT2D eigenvalue weighted by Gasteiger charge is -2.20. The van der Waals surface area contributed by atoms with Crippen LogP contribution in [0.4, 0.5) is 0 Å². The Hall–Kier alpha value is -2.41. The Bertz CT molecular complexity index is 1130. The first kappa shape index (κ1) is 20.3. The molecule has 0 saturated carbocycles. The van der Waals surface area contributed by atoms with Crippen molar-refractivity contribution in [3.05, 3.63) is 79.0 Å². The second-order valence-electron chi connectivity index (χ2n) is 5.87. The maximum absolute atomic E-state index is 12.6. The van der Waals surface area contributed by atoms with Gasteiger partial charge in [0.1, 0.15) is 5.56 Å². The number of halogens is 3. The van der Waals surface area contributed by atoms with E-state index in [-0.39, 0.29) is 27.9 Å². The Morgan fingerprint density at radius 1 is 1.11 bits per heavy atom. The van der Waals surface area contributed by atoms with Crippen LogP contribution in [0.2, 0.25) is 15.2 Å². The summed E-state index contributed by atoms with van der Waals surface area (Å²) < 4.78 is 1.73. The molecule has 3 aromatic rings. The molecule has 0 saturated heterocycles. The molecule has 0 aliphatic rings. The van der Waals surface area contributed by atoms with E-state index in [1.54, 1.807) is 16.7 Å². The fourth-order valence-corrected chi connectivity index (χ4v) is 3.46. The van der Waals surface area contributed by atoms with Crippen molar-refractivity contribution in [3.8, 4) is 11.3 Å². The maximum atomic E-state index is 12.6. The molecule has 144 valence electrons. The van der Waals surface area contributed by atoms with E-state index in [0.717, 1.165) is 0 Å². The molecular formula is C19H14Cl3N3O3. The van der Waals surface area contributed by atoms with Crippen molar-refractivity contribution >= 4 is 40.8 Å². The molecule has 6 nitrogen and oxygen atoms in total. The van der Waals surface area contributed by atoms with E-state index in [9.17, 15) is 14.7 Å². The molecule has 0 bridgehead atoms. The number of carboxylic acids is 1. The summed E-state index contributed by atoms with van der Waals surface area (Å²) in [6.45, 7) is 2.25. The van der Waals surface area contributed by atoms with Crippen LogP contribution in [0.1, 0.15) is 28.7 Å². The van der Waals surface area contributed by atoms with Gasteiger partial charge in [-0.2, -0.15) is 0 Å². The van der Waals surface area contributed by atoms with Crippen LogP contribution in [-0.4, -0.2) is 25.6 Å². The summed E-state index contributed by atoms with van der Waals surface area (Å²) >= 11 is 18.2. The molecular weight excluding hydrogens is 425 g/mol. The second kappa shape index (κ2) is 8.31. The smallest absolute Gasteiger partial charge is 0.341 e. The quantitative estimate of drug-likeness (QED) is 0.630.